The van der Waals surface area contributed by atoms with Gasteiger partial charge in [-0.05, 0) is 44.0 Å². The maximum atomic E-state index is 12.6. The average molecular weight is 406 g/mol. The molecule has 2 aromatic heterocycles. The van der Waals surface area contributed by atoms with E-state index in [4.69, 9.17) is 8.83 Å². The Morgan fingerprint density at radius 2 is 1.70 bits per heavy atom. The number of nitrogens with zero attached hydrogens (tertiary/aromatic N) is 1. The highest BCUT2D eigenvalue weighted by atomic mass is 16.4. The van der Waals surface area contributed by atoms with Crippen LogP contribution in [-0.4, -0.2) is 41.6 Å². The van der Waals surface area contributed by atoms with Crippen molar-refractivity contribution in [3.05, 3.63) is 71.9 Å². The smallest absolute Gasteiger partial charge is 0.289 e. The first-order valence-electron chi connectivity index (χ1n) is 9.86. The van der Waals surface area contributed by atoms with Crippen LogP contribution in [0.5, 0.6) is 0 Å². The van der Waals surface area contributed by atoms with Gasteiger partial charge in [0.1, 0.15) is 5.76 Å². The number of amides is 2. The van der Waals surface area contributed by atoms with Gasteiger partial charge in [-0.3, -0.25) is 14.4 Å². The minimum Gasteiger partial charge on any atom is -0.459 e. The summed E-state index contributed by atoms with van der Waals surface area (Å²) in [6.45, 7) is 2.62. The summed E-state index contributed by atoms with van der Waals surface area (Å²) in [6, 6.07) is 13.7. The first kappa shape index (κ1) is 19.7. The van der Waals surface area contributed by atoms with Gasteiger partial charge in [-0.15, -0.1) is 0 Å². The standard InChI is InChI=1S/C23H22N2O5/c1-15(26)16-4-6-17(7-5-16)19-8-9-20(30-19)22(27)24-18-10-12-25(13-11-18)23(28)21-3-2-14-29-21/h2-9,14,18H,10-13H2,1H3,(H,24,27). The van der Waals surface area contributed by atoms with Crippen LogP contribution in [0.4, 0.5) is 0 Å². The molecule has 1 N–H and O–H groups in total. The fraction of sp³-hybridized carbons (Fsp3) is 0.261. The predicted octanol–water partition coefficient (Wildman–Crippen LogP) is 3.78. The van der Waals surface area contributed by atoms with Crippen molar-refractivity contribution in [1.29, 1.82) is 0 Å². The summed E-state index contributed by atoms with van der Waals surface area (Å²) in [5, 5.41) is 2.98. The van der Waals surface area contributed by atoms with Crippen LogP contribution in [0.15, 0.2) is 63.6 Å². The molecule has 7 nitrogen and oxygen atoms in total. The van der Waals surface area contributed by atoms with Crippen LogP contribution in [-0.2, 0) is 0 Å². The number of hydrogen-bond acceptors (Lipinski definition) is 5. The predicted molar refractivity (Wildman–Crippen MR) is 109 cm³/mol. The third-order valence-corrected chi connectivity index (χ3v) is 5.26. The summed E-state index contributed by atoms with van der Waals surface area (Å²) in [6.07, 6.45) is 2.81. The number of hydrogen-bond donors (Lipinski definition) is 1. The van der Waals surface area contributed by atoms with Crippen LogP contribution in [0.2, 0.25) is 0 Å². The summed E-state index contributed by atoms with van der Waals surface area (Å²) >= 11 is 0. The molecule has 1 aliphatic rings. The maximum absolute atomic E-state index is 12.6. The number of ketones is 1. The Balaban J connectivity index is 1.33. The molecular formula is C23H22N2O5. The maximum Gasteiger partial charge on any atom is 0.289 e. The molecule has 4 rings (SSSR count). The second kappa shape index (κ2) is 8.41. The Kier molecular flexibility index (Phi) is 5.52. The second-order valence-electron chi connectivity index (χ2n) is 7.31. The molecule has 0 radical (unpaired) electrons. The zero-order valence-electron chi connectivity index (χ0n) is 16.6. The SMILES string of the molecule is CC(=O)c1ccc(-c2ccc(C(=O)NC3CCN(C(=O)c4ccco4)CC3)o2)cc1. The molecule has 1 fully saturated rings. The first-order valence-corrected chi connectivity index (χ1v) is 9.86. The first-order chi connectivity index (χ1) is 14.5. The molecule has 154 valence electrons. The van der Waals surface area contributed by atoms with Crippen molar-refractivity contribution in [3.63, 3.8) is 0 Å². The fourth-order valence-electron chi connectivity index (χ4n) is 3.52. The topological polar surface area (TPSA) is 92.8 Å². The zero-order valence-corrected chi connectivity index (χ0v) is 16.6. The van der Waals surface area contributed by atoms with Gasteiger partial charge < -0.3 is 19.1 Å². The van der Waals surface area contributed by atoms with E-state index in [-0.39, 0.29) is 29.4 Å². The number of piperidine rings is 1. The molecule has 3 heterocycles. The van der Waals surface area contributed by atoms with Crippen molar-refractivity contribution in [2.75, 3.05) is 13.1 Å². The van der Waals surface area contributed by atoms with Crippen LogP contribution < -0.4 is 5.32 Å². The molecule has 0 unspecified atom stereocenters. The molecule has 1 aromatic carbocycles. The molecule has 1 saturated heterocycles. The lowest BCUT2D eigenvalue weighted by Crippen LogP contribution is -2.46. The summed E-state index contributed by atoms with van der Waals surface area (Å²) in [7, 11) is 0. The Morgan fingerprint density at radius 1 is 0.967 bits per heavy atom. The molecule has 1 aliphatic heterocycles. The van der Waals surface area contributed by atoms with E-state index in [1.54, 1.807) is 53.4 Å². The molecule has 0 atom stereocenters. The Hall–Kier alpha value is -3.61. The second-order valence-corrected chi connectivity index (χ2v) is 7.31. The summed E-state index contributed by atoms with van der Waals surface area (Å²) in [5.41, 5.74) is 1.42. The van der Waals surface area contributed by atoms with Crippen LogP contribution in [0.1, 0.15) is 51.2 Å². The van der Waals surface area contributed by atoms with Gasteiger partial charge in [-0.2, -0.15) is 0 Å². The van der Waals surface area contributed by atoms with Gasteiger partial charge in [-0.25, -0.2) is 0 Å². The molecule has 0 spiro atoms. The molecule has 0 saturated carbocycles. The van der Waals surface area contributed by atoms with Crippen LogP contribution in [0, 0.1) is 0 Å². The number of rotatable bonds is 5. The van der Waals surface area contributed by atoms with Crippen molar-refractivity contribution in [2.24, 2.45) is 0 Å². The molecule has 0 bridgehead atoms. The molecule has 30 heavy (non-hydrogen) atoms. The zero-order chi connectivity index (χ0) is 21.1. The lowest BCUT2D eigenvalue weighted by Gasteiger charge is -2.31. The van der Waals surface area contributed by atoms with Crippen molar-refractivity contribution in [2.45, 2.75) is 25.8 Å². The molecule has 7 heteroatoms. The Labute approximate surface area is 173 Å². The fourth-order valence-corrected chi connectivity index (χ4v) is 3.52. The normalized spacial score (nSPS) is 14.5. The van der Waals surface area contributed by atoms with E-state index in [0.29, 0.717) is 43.0 Å². The van der Waals surface area contributed by atoms with Crippen molar-refractivity contribution in [3.8, 4) is 11.3 Å². The quantitative estimate of drug-likeness (QED) is 0.651. The van der Waals surface area contributed by atoms with Crippen LogP contribution in [0.3, 0.4) is 0 Å². The van der Waals surface area contributed by atoms with Crippen LogP contribution in [0.25, 0.3) is 11.3 Å². The van der Waals surface area contributed by atoms with Gasteiger partial charge in [-0.1, -0.05) is 24.3 Å². The van der Waals surface area contributed by atoms with E-state index < -0.39 is 0 Å². The van der Waals surface area contributed by atoms with E-state index in [1.807, 2.05) is 0 Å². The number of benzene rings is 1. The number of likely N-dealkylation sites (tertiary alicyclic amines) is 1. The summed E-state index contributed by atoms with van der Waals surface area (Å²) < 4.78 is 10.9. The molecule has 0 aliphatic carbocycles. The van der Waals surface area contributed by atoms with Crippen molar-refractivity contribution < 1.29 is 23.2 Å². The largest absolute Gasteiger partial charge is 0.459 e. The summed E-state index contributed by atoms with van der Waals surface area (Å²) in [4.78, 5) is 38.0. The summed E-state index contributed by atoms with van der Waals surface area (Å²) in [5.74, 6) is 0.715. The number of Topliss-reactive ketones (excluding diaryl/α,β-unsaturated/α-hetero) is 1. The van der Waals surface area contributed by atoms with Crippen molar-refractivity contribution >= 4 is 17.6 Å². The third kappa shape index (κ3) is 4.20. The molecule has 2 amide bonds. The minimum atomic E-state index is -0.280. The monoisotopic (exact) mass is 406 g/mol. The Morgan fingerprint density at radius 3 is 2.33 bits per heavy atom. The van der Waals surface area contributed by atoms with Crippen LogP contribution >= 0.6 is 0 Å². The Bertz CT molecular complexity index is 1040. The van der Waals surface area contributed by atoms with E-state index in [2.05, 4.69) is 5.32 Å². The van der Waals surface area contributed by atoms with E-state index in [9.17, 15) is 14.4 Å². The molecule has 3 aromatic rings. The van der Waals surface area contributed by atoms with Gasteiger partial charge in [0, 0.05) is 30.3 Å². The van der Waals surface area contributed by atoms with Gasteiger partial charge in [0.15, 0.2) is 17.3 Å². The van der Waals surface area contributed by atoms with Gasteiger partial charge in [0.05, 0.1) is 6.26 Å². The number of furan rings is 2. The number of nitrogens with one attached hydrogen (secondary N) is 1. The van der Waals surface area contributed by atoms with Gasteiger partial charge >= 0.3 is 0 Å². The average Bonchev–Trinajstić information content (AvgIpc) is 3.46. The highest BCUT2D eigenvalue weighted by molar-refractivity contribution is 5.95. The minimum absolute atomic E-state index is 0.00188. The van der Waals surface area contributed by atoms with Gasteiger partial charge in [0.2, 0.25) is 0 Å². The van der Waals surface area contributed by atoms with E-state index in [1.165, 1.54) is 13.2 Å². The lowest BCUT2D eigenvalue weighted by molar-refractivity contribution is 0.0665. The highest BCUT2D eigenvalue weighted by Crippen LogP contribution is 2.23. The lowest BCUT2D eigenvalue weighted by atomic mass is 10.0. The number of carbonyl (C=O) groups is 3. The molecular weight excluding hydrogens is 384 g/mol. The van der Waals surface area contributed by atoms with E-state index in [0.717, 1.165) is 5.56 Å². The van der Waals surface area contributed by atoms with Crippen molar-refractivity contribution in [1.82, 2.24) is 10.2 Å². The van der Waals surface area contributed by atoms with Gasteiger partial charge in [0.25, 0.3) is 11.8 Å². The highest BCUT2D eigenvalue weighted by Gasteiger charge is 2.26. The third-order valence-electron chi connectivity index (χ3n) is 5.26. The van der Waals surface area contributed by atoms with E-state index >= 15 is 0 Å². The number of carbonyl (C=O) groups excluding carboxylic acids is 3.